The predicted molar refractivity (Wildman–Crippen MR) is 167 cm³/mol. The molecule has 0 saturated heterocycles. The topological polar surface area (TPSA) is 21.5 Å². The second-order valence-electron chi connectivity index (χ2n) is 11.5. The fourth-order valence-electron chi connectivity index (χ4n) is 5.54. The van der Waals surface area contributed by atoms with Crippen LogP contribution in [0.3, 0.4) is 0 Å². The van der Waals surface area contributed by atoms with Crippen molar-refractivity contribution in [1.82, 2.24) is 0 Å². The van der Waals surface area contributed by atoms with Crippen LogP contribution in [0.15, 0.2) is 53.6 Å². The minimum absolute atomic E-state index is 0. The third kappa shape index (κ3) is 11.0. The van der Waals surface area contributed by atoms with E-state index >= 15 is 0 Å². The summed E-state index contributed by atoms with van der Waals surface area (Å²) in [5.41, 5.74) is 6.53. The van der Waals surface area contributed by atoms with Gasteiger partial charge in [-0.25, -0.2) is 13.4 Å². The fraction of sp³-hybridized carbons (Fsp3) is 0.528. The van der Waals surface area contributed by atoms with Crippen LogP contribution in [-0.4, -0.2) is 30.5 Å². The lowest BCUT2D eigenvalue weighted by Crippen LogP contribution is -3.00. The maximum absolute atomic E-state index is 14.7. The average molecular weight is 647 g/mol. The Kier molecular flexibility index (Phi) is 16.1. The van der Waals surface area contributed by atoms with Gasteiger partial charge < -0.3 is 26.5 Å². The minimum Gasteiger partial charge on any atom is -1.00 e. The zero-order chi connectivity index (χ0) is 29.6. The number of methoxy groups -OCH3 is 1. The lowest BCUT2D eigenvalue weighted by molar-refractivity contribution is -0.546. The SMILES string of the molecule is CCCCCCCCOc1c(OC)ccc2c1CC[N+](Cc1cc(F)ccc1F)=C2CCC=C(C)CCC=C(C)C.[Br-]. The molecule has 232 valence electrons. The van der Waals surface area contributed by atoms with Crippen molar-refractivity contribution < 1.29 is 39.8 Å². The van der Waals surface area contributed by atoms with Crippen LogP contribution in [0.5, 0.6) is 11.5 Å². The maximum Gasteiger partial charge on any atom is 0.184 e. The van der Waals surface area contributed by atoms with Gasteiger partial charge in [-0.1, -0.05) is 62.3 Å². The average Bonchev–Trinajstić information content (AvgIpc) is 2.95. The number of allylic oxidation sites excluding steroid dienone is 4. The number of hydrogen-bond acceptors (Lipinski definition) is 2. The normalized spacial score (nSPS) is 13.0. The van der Waals surface area contributed by atoms with Gasteiger partial charge in [0.2, 0.25) is 0 Å². The van der Waals surface area contributed by atoms with Crippen molar-refractivity contribution in [3.63, 3.8) is 0 Å². The number of fused-ring (bicyclic) bond motifs is 1. The molecule has 0 unspecified atom stereocenters. The number of rotatable bonds is 17. The highest BCUT2D eigenvalue weighted by atomic mass is 79.9. The van der Waals surface area contributed by atoms with Crippen molar-refractivity contribution in [1.29, 1.82) is 0 Å². The number of unbranched alkanes of at least 4 members (excludes halogenated alkanes) is 5. The minimum atomic E-state index is -0.412. The first-order valence-electron chi connectivity index (χ1n) is 15.5. The van der Waals surface area contributed by atoms with Gasteiger partial charge in [0, 0.05) is 24.0 Å². The smallest absolute Gasteiger partial charge is 0.184 e. The molecular formula is C36H50BrF2NO2. The summed E-state index contributed by atoms with van der Waals surface area (Å²) in [6, 6.07) is 7.82. The second-order valence-corrected chi connectivity index (χ2v) is 11.5. The molecule has 3 nitrogen and oxygen atoms in total. The number of nitrogens with zero attached hydrogens (tertiary/aromatic N) is 1. The predicted octanol–water partition coefficient (Wildman–Crippen LogP) is 6.75. The lowest BCUT2D eigenvalue weighted by Gasteiger charge is -2.23. The van der Waals surface area contributed by atoms with Gasteiger partial charge >= 0.3 is 0 Å². The van der Waals surface area contributed by atoms with E-state index in [-0.39, 0.29) is 22.8 Å². The molecule has 0 spiro atoms. The molecule has 0 fully saturated rings. The summed E-state index contributed by atoms with van der Waals surface area (Å²) in [5, 5.41) is 0. The van der Waals surface area contributed by atoms with Crippen LogP contribution in [0.4, 0.5) is 8.78 Å². The number of benzene rings is 2. The number of halogens is 3. The van der Waals surface area contributed by atoms with E-state index < -0.39 is 5.82 Å². The molecule has 1 aliphatic heterocycles. The summed E-state index contributed by atoms with van der Waals surface area (Å²) in [5.74, 6) is 0.810. The van der Waals surface area contributed by atoms with Crippen LogP contribution in [0.2, 0.25) is 0 Å². The molecule has 0 radical (unpaired) electrons. The lowest BCUT2D eigenvalue weighted by atomic mass is 9.92. The van der Waals surface area contributed by atoms with Gasteiger partial charge in [-0.15, -0.1) is 0 Å². The molecule has 0 bridgehead atoms. The van der Waals surface area contributed by atoms with Crippen molar-refractivity contribution >= 4 is 5.71 Å². The molecule has 6 heteroatoms. The monoisotopic (exact) mass is 645 g/mol. The summed E-state index contributed by atoms with van der Waals surface area (Å²) in [6.45, 7) is 10.4. The molecule has 0 amide bonds. The summed E-state index contributed by atoms with van der Waals surface area (Å²) in [4.78, 5) is 0. The Hall–Kier alpha value is -2.47. The molecule has 1 aliphatic rings. The summed E-state index contributed by atoms with van der Waals surface area (Å²) in [6.07, 6.45) is 16.4. The molecule has 0 atom stereocenters. The Morgan fingerprint density at radius 3 is 2.45 bits per heavy atom. The van der Waals surface area contributed by atoms with E-state index in [1.54, 1.807) is 7.11 Å². The summed E-state index contributed by atoms with van der Waals surface area (Å²) >= 11 is 0. The van der Waals surface area contributed by atoms with E-state index in [0.717, 1.165) is 66.9 Å². The Bertz CT molecular complexity index is 1230. The maximum atomic E-state index is 14.7. The van der Waals surface area contributed by atoms with E-state index in [2.05, 4.69) is 50.5 Å². The van der Waals surface area contributed by atoms with Crippen molar-refractivity contribution in [2.24, 2.45) is 0 Å². The Balaban J connectivity index is 0.00000616. The van der Waals surface area contributed by atoms with E-state index in [1.807, 2.05) is 6.07 Å². The van der Waals surface area contributed by atoms with Crippen LogP contribution in [0.25, 0.3) is 0 Å². The molecule has 0 aliphatic carbocycles. The van der Waals surface area contributed by atoms with E-state index in [0.29, 0.717) is 25.3 Å². The molecule has 42 heavy (non-hydrogen) atoms. The molecule has 0 N–H and O–H groups in total. The highest BCUT2D eigenvalue weighted by Gasteiger charge is 2.30. The zero-order valence-corrected chi connectivity index (χ0v) is 27.9. The van der Waals surface area contributed by atoms with E-state index in [1.165, 1.54) is 61.4 Å². The number of hydrogen-bond donors (Lipinski definition) is 0. The molecule has 0 aromatic heterocycles. The van der Waals surface area contributed by atoms with Crippen LogP contribution in [0, 0.1) is 11.6 Å². The van der Waals surface area contributed by atoms with Crippen LogP contribution >= 0.6 is 0 Å². The molecule has 1 heterocycles. The first-order valence-corrected chi connectivity index (χ1v) is 15.5. The van der Waals surface area contributed by atoms with Crippen LogP contribution < -0.4 is 26.5 Å². The first kappa shape index (κ1) is 35.7. The highest BCUT2D eigenvalue weighted by Crippen LogP contribution is 2.37. The van der Waals surface area contributed by atoms with Gasteiger partial charge in [-0.3, -0.25) is 0 Å². The quantitative estimate of drug-likeness (QED) is 0.108. The van der Waals surface area contributed by atoms with Gasteiger partial charge in [-0.2, -0.15) is 0 Å². The van der Waals surface area contributed by atoms with Crippen LogP contribution in [0.1, 0.15) is 109 Å². The Morgan fingerprint density at radius 2 is 1.71 bits per heavy atom. The van der Waals surface area contributed by atoms with Crippen molar-refractivity contribution in [3.05, 3.63) is 82.0 Å². The number of ether oxygens (including phenoxy) is 2. The van der Waals surface area contributed by atoms with Gasteiger partial charge in [0.1, 0.15) is 18.2 Å². The highest BCUT2D eigenvalue weighted by molar-refractivity contribution is 5.99. The van der Waals surface area contributed by atoms with Gasteiger partial charge in [0.25, 0.3) is 0 Å². The van der Waals surface area contributed by atoms with Crippen molar-refractivity contribution in [3.8, 4) is 11.5 Å². The Morgan fingerprint density at radius 1 is 0.952 bits per heavy atom. The molecule has 3 rings (SSSR count). The van der Waals surface area contributed by atoms with Crippen molar-refractivity contribution in [2.45, 2.75) is 105 Å². The largest absolute Gasteiger partial charge is 1.00 e. The third-order valence-corrected chi connectivity index (χ3v) is 7.85. The second kappa shape index (κ2) is 18.9. The fourth-order valence-corrected chi connectivity index (χ4v) is 5.54. The zero-order valence-electron chi connectivity index (χ0n) is 26.3. The van der Waals surface area contributed by atoms with Crippen LogP contribution in [-0.2, 0) is 13.0 Å². The molecule has 2 aromatic rings. The van der Waals surface area contributed by atoms with Crippen molar-refractivity contribution in [2.75, 3.05) is 20.3 Å². The Labute approximate surface area is 263 Å². The standard InChI is InChI=1S/C36H50F2NO2.BrH/c1-6-7-8-9-10-11-24-41-36-32-22-23-39(26-29-25-30(37)18-20-33(29)38)34(31(32)19-21-35(36)40-5)17-13-16-28(4)15-12-14-27(2)3;/h14,16,18-21,25H,6-13,15,17,22-24,26H2,1-5H3;1H/q+1;/p-1. The van der Waals surface area contributed by atoms with Gasteiger partial charge in [0.15, 0.2) is 23.8 Å². The third-order valence-electron chi connectivity index (χ3n) is 7.85. The van der Waals surface area contributed by atoms with E-state index in [9.17, 15) is 8.78 Å². The summed E-state index contributed by atoms with van der Waals surface area (Å²) in [7, 11) is 1.69. The molecule has 2 aromatic carbocycles. The molecule has 0 saturated carbocycles. The molecular weight excluding hydrogens is 596 g/mol. The van der Waals surface area contributed by atoms with E-state index in [4.69, 9.17) is 9.47 Å². The van der Waals surface area contributed by atoms with Gasteiger partial charge in [-0.05, 0) is 76.8 Å². The summed E-state index contributed by atoms with van der Waals surface area (Å²) < 4.78 is 43.0. The van der Waals surface area contributed by atoms with Gasteiger partial charge in [0.05, 0.1) is 19.3 Å². The first-order chi connectivity index (χ1) is 19.8.